The molecule has 0 saturated heterocycles. The number of aromatic nitrogens is 2. The Kier molecular flexibility index (Phi) is 4.13. The maximum Gasteiger partial charge on any atom is 0.177 e. The van der Waals surface area contributed by atoms with Crippen LogP contribution in [0.3, 0.4) is 0 Å². The molecule has 3 N–H and O–H groups in total. The zero-order valence-corrected chi connectivity index (χ0v) is 13.8. The molecule has 5 nitrogen and oxygen atoms in total. The maximum absolute atomic E-state index is 11.8. The molecular formula is C15H23N3O2S. The van der Waals surface area contributed by atoms with E-state index in [1.165, 1.54) is 6.26 Å². The topological polar surface area (TPSA) is 88.8 Å². The summed E-state index contributed by atoms with van der Waals surface area (Å²) in [6, 6.07) is 5.12. The van der Waals surface area contributed by atoms with Gasteiger partial charge in [0.15, 0.2) is 9.84 Å². The number of para-hydroxylation sites is 1. The summed E-state index contributed by atoms with van der Waals surface area (Å²) in [6.45, 7) is 6.44. The molecule has 1 atom stereocenters. The third-order valence-electron chi connectivity index (χ3n) is 3.25. The number of nitrogens with two attached hydrogens (primary N) is 1. The van der Waals surface area contributed by atoms with Crippen LogP contribution in [0.5, 0.6) is 0 Å². The predicted molar refractivity (Wildman–Crippen MR) is 85.0 cm³/mol. The molecule has 1 heterocycles. The standard InChI is InChI=1S/C15H23N3O2S/c1-15(2,3)9-10(16)8-13-17-11-6-5-7-12(14(11)18-13)21(4,19)20/h5-7,10H,8-9,16H2,1-4H3,(H,17,18). The van der Waals surface area contributed by atoms with Crippen LogP contribution >= 0.6 is 0 Å². The Labute approximate surface area is 125 Å². The average Bonchev–Trinajstić information content (AvgIpc) is 2.65. The molecule has 0 aliphatic heterocycles. The molecule has 0 spiro atoms. The second kappa shape index (κ2) is 5.42. The van der Waals surface area contributed by atoms with Crippen molar-refractivity contribution in [3.63, 3.8) is 0 Å². The van der Waals surface area contributed by atoms with E-state index in [4.69, 9.17) is 5.73 Å². The highest BCUT2D eigenvalue weighted by atomic mass is 32.2. The summed E-state index contributed by atoms with van der Waals surface area (Å²) in [4.78, 5) is 7.86. The van der Waals surface area contributed by atoms with Crippen LogP contribution in [-0.2, 0) is 16.3 Å². The van der Waals surface area contributed by atoms with Crippen molar-refractivity contribution in [3.8, 4) is 0 Å². The number of hydrogen-bond acceptors (Lipinski definition) is 4. The van der Waals surface area contributed by atoms with E-state index in [9.17, 15) is 8.42 Å². The van der Waals surface area contributed by atoms with Gasteiger partial charge < -0.3 is 10.7 Å². The zero-order valence-electron chi connectivity index (χ0n) is 13.0. The van der Waals surface area contributed by atoms with Gasteiger partial charge in [0.2, 0.25) is 0 Å². The summed E-state index contributed by atoms with van der Waals surface area (Å²) in [5.74, 6) is 0.734. The molecular weight excluding hydrogens is 286 g/mol. The summed E-state index contributed by atoms with van der Waals surface area (Å²) in [6.07, 6.45) is 2.68. The number of sulfone groups is 1. The van der Waals surface area contributed by atoms with Crippen molar-refractivity contribution in [1.82, 2.24) is 9.97 Å². The lowest BCUT2D eigenvalue weighted by Gasteiger charge is -2.22. The predicted octanol–water partition coefficient (Wildman–Crippen LogP) is 2.27. The van der Waals surface area contributed by atoms with Crippen molar-refractivity contribution in [2.24, 2.45) is 11.1 Å². The second-order valence-corrected chi connectivity index (χ2v) is 8.82. The van der Waals surface area contributed by atoms with Crippen LogP contribution in [0.25, 0.3) is 11.0 Å². The van der Waals surface area contributed by atoms with E-state index in [1.807, 2.05) is 6.07 Å². The Bertz CT molecular complexity index is 742. The van der Waals surface area contributed by atoms with Gasteiger partial charge in [0.25, 0.3) is 0 Å². The highest BCUT2D eigenvalue weighted by molar-refractivity contribution is 7.91. The van der Waals surface area contributed by atoms with Gasteiger partial charge >= 0.3 is 0 Å². The summed E-state index contributed by atoms with van der Waals surface area (Å²) in [5, 5.41) is 0. The lowest BCUT2D eigenvalue weighted by atomic mass is 9.87. The summed E-state index contributed by atoms with van der Waals surface area (Å²) >= 11 is 0. The van der Waals surface area contributed by atoms with E-state index >= 15 is 0 Å². The molecule has 0 aliphatic rings. The molecule has 21 heavy (non-hydrogen) atoms. The number of fused-ring (bicyclic) bond motifs is 1. The van der Waals surface area contributed by atoms with Crippen LogP contribution < -0.4 is 5.73 Å². The van der Waals surface area contributed by atoms with E-state index in [2.05, 4.69) is 30.7 Å². The largest absolute Gasteiger partial charge is 0.342 e. The van der Waals surface area contributed by atoms with E-state index in [0.29, 0.717) is 11.9 Å². The number of rotatable bonds is 4. The van der Waals surface area contributed by atoms with Gasteiger partial charge in [-0.1, -0.05) is 26.8 Å². The van der Waals surface area contributed by atoms with Crippen molar-refractivity contribution in [2.45, 2.75) is 44.6 Å². The molecule has 0 aliphatic carbocycles. The molecule has 1 aromatic carbocycles. The summed E-state index contributed by atoms with van der Waals surface area (Å²) in [5.41, 5.74) is 7.55. The van der Waals surface area contributed by atoms with Gasteiger partial charge in [0, 0.05) is 18.7 Å². The lowest BCUT2D eigenvalue weighted by Crippen LogP contribution is -2.28. The molecule has 116 valence electrons. The normalized spacial score (nSPS) is 14.5. The fraction of sp³-hybridized carbons (Fsp3) is 0.533. The first-order valence-electron chi connectivity index (χ1n) is 6.99. The van der Waals surface area contributed by atoms with Gasteiger partial charge in [-0.05, 0) is 24.0 Å². The van der Waals surface area contributed by atoms with Crippen molar-refractivity contribution in [1.29, 1.82) is 0 Å². The number of nitrogens with one attached hydrogen (secondary N) is 1. The molecule has 0 fully saturated rings. The minimum atomic E-state index is -3.29. The van der Waals surface area contributed by atoms with Crippen LogP contribution in [0.4, 0.5) is 0 Å². The molecule has 0 radical (unpaired) electrons. The van der Waals surface area contributed by atoms with E-state index in [0.717, 1.165) is 17.8 Å². The Morgan fingerprint density at radius 2 is 2.00 bits per heavy atom. The average molecular weight is 309 g/mol. The van der Waals surface area contributed by atoms with Crippen molar-refractivity contribution in [3.05, 3.63) is 24.0 Å². The fourth-order valence-corrected chi connectivity index (χ4v) is 3.39. The number of nitrogens with zero attached hydrogens (tertiary/aromatic N) is 1. The summed E-state index contributed by atoms with van der Waals surface area (Å²) in [7, 11) is -3.29. The quantitative estimate of drug-likeness (QED) is 0.906. The van der Waals surface area contributed by atoms with Crippen LogP contribution in [0, 0.1) is 5.41 Å². The number of H-pyrrole nitrogens is 1. The molecule has 1 unspecified atom stereocenters. The van der Waals surface area contributed by atoms with E-state index in [1.54, 1.807) is 12.1 Å². The smallest absolute Gasteiger partial charge is 0.177 e. The van der Waals surface area contributed by atoms with Gasteiger partial charge in [0.05, 0.1) is 10.4 Å². The Hall–Kier alpha value is -1.40. The highest BCUT2D eigenvalue weighted by Crippen LogP contribution is 2.24. The van der Waals surface area contributed by atoms with E-state index in [-0.39, 0.29) is 16.4 Å². The van der Waals surface area contributed by atoms with Gasteiger partial charge in [0.1, 0.15) is 11.3 Å². The van der Waals surface area contributed by atoms with Gasteiger partial charge in [-0.2, -0.15) is 0 Å². The SMILES string of the molecule is CC(C)(C)CC(N)Cc1nc2c(S(C)(=O)=O)cccc2[nH]1. The van der Waals surface area contributed by atoms with Crippen LogP contribution in [-0.4, -0.2) is 30.7 Å². The minimum Gasteiger partial charge on any atom is -0.342 e. The first kappa shape index (κ1) is 16.0. The third-order valence-corrected chi connectivity index (χ3v) is 4.38. The Morgan fingerprint density at radius 3 is 2.57 bits per heavy atom. The molecule has 0 bridgehead atoms. The number of imidazole rings is 1. The summed E-state index contributed by atoms with van der Waals surface area (Å²) < 4.78 is 23.6. The molecule has 0 saturated carbocycles. The molecule has 2 aromatic rings. The van der Waals surface area contributed by atoms with Gasteiger partial charge in [-0.3, -0.25) is 0 Å². The van der Waals surface area contributed by atoms with Gasteiger partial charge in [-0.15, -0.1) is 0 Å². The Morgan fingerprint density at radius 1 is 1.33 bits per heavy atom. The second-order valence-electron chi connectivity index (χ2n) is 6.84. The van der Waals surface area contributed by atoms with E-state index < -0.39 is 9.84 Å². The molecule has 0 amide bonds. The third kappa shape index (κ3) is 4.04. The molecule has 2 rings (SSSR count). The first-order valence-corrected chi connectivity index (χ1v) is 8.89. The molecule has 6 heteroatoms. The zero-order chi connectivity index (χ0) is 15.8. The van der Waals surface area contributed by atoms with Gasteiger partial charge in [-0.25, -0.2) is 13.4 Å². The van der Waals surface area contributed by atoms with Crippen LogP contribution in [0.1, 0.15) is 33.0 Å². The number of hydrogen-bond donors (Lipinski definition) is 2. The van der Waals surface area contributed by atoms with Crippen molar-refractivity contribution >= 4 is 20.9 Å². The molecule has 1 aromatic heterocycles. The lowest BCUT2D eigenvalue weighted by molar-refractivity contribution is 0.337. The number of benzene rings is 1. The van der Waals surface area contributed by atoms with Crippen molar-refractivity contribution < 1.29 is 8.42 Å². The number of aromatic amines is 1. The Balaban J connectivity index is 2.32. The monoisotopic (exact) mass is 309 g/mol. The highest BCUT2D eigenvalue weighted by Gasteiger charge is 2.19. The van der Waals surface area contributed by atoms with Crippen molar-refractivity contribution in [2.75, 3.05) is 6.26 Å². The maximum atomic E-state index is 11.8. The minimum absolute atomic E-state index is 0.00718. The van der Waals surface area contributed by atoms with Crippen LogP contribution in [0.15, 0.2) is 23.1 Å². The van der Waals surface area contributed by atoms with Crippen LogP contribution in [0.2, 0.25) is 0 Å². The first-order chi connectivity index (χ1) is 9.56. The fourth-order valence-electron chi connectivity index (χ4n) is 2.56.